The van der Waals surface area contributed by atoms with Gasteiger partial charge in [0, 0.05) is 80.1 Å². The van der Waals surface area contributed by atoms with Gasteiger partial charge in [0.1, 0.15) is 0 Å². The van der Waals surface area contributed by atoms with Crippen molar-refractivity contribution in [2.75, 3.05) is 89.0 Å². The molecule has 2 aromatic heterocycles. The summed E-state index contributed by atoms with van der Waals surface area (Å²) >= 11 is 0. The summed E-state index contributed by atoms with van der Waals surface area (Å²) in [6.45, 7) is 11.3. The highest BCUT2D eigenvalue weighted by atomic mass is 16.5. The number of aromatic amines is 2. The number of aromatic nitrogens is 4. The van der Waals surface area contributed by atoms with Crippen LogP contribution in [-0.4, -0.2) is 126 Å². The molecule has 4 aromatic carbocycles. The number of hydrogen-bond acceptors (Lipinski definition) is 9. The van der Waals surface area contributed by atoms with Crippen LogP contribution in [0.25, 0.3) is 34.0 Å². The van der Waals surface area contributed by atoms with Crippen LogP contribution in [0.5, 0.6) is 0 Å². The third-order valence-corrected chi connectivity index (χ3v) is 9.92. The van der Waals surface area contributed by atoms with Crippen molar-refractivity contribution in [3.63, 3.8) is 0 Å². The van der Waals surface area contributed by atoms with Gasteiger partial charge in [0.15, 0.2) is 0 Å². The van der Waals surface area contributed by atoms with Crippen molar-refractivity contribution in [2.45, 2.75) is 12.8 Å². The molecule has 4 heterocycles. The van der Waals surface area contributed by atoms with E-state index in [1.165, 1.54) is 24.7 Å². The minimum absolute atomic E-state index is 0.0368. The molecule has 0 saturated carbocycles. The monoisotopic (exact) mass is 798 g/mol. The van der Waals surface area contributed by atoms with Gasteiger partial charge in [-0.2, -0.15) is 10.2 Å². The van der Waals surface area contributed by atoms with Gasteiger partial charge in [0.2, 0.25) is 0 Å². The Morgan fingerprint density at radius 1 is 0.661 bits per heavy atom. The average molecular weight is 799 g/mol. The Hall–Kier alpha value is -6.12. The maximum Gasteiger partial charge on any atom is 0.328 e. The number of amides is 1. The van der Waals surface area contributed by atoms with Gasteiger partial charge in [-0.15, -0.1) is 0 Å². The molecule has 0 bridgehead atoms. The van der Waals surface area contributed by atoms with E-state index in [9.17, 15) is 9.59 Å². The third-order valence-electron chi connectivity index (χ3n) is 9.92. The van der Waals surface area contributed by atoms with Gasteiger partial charge in [0.05, 0.1) is 48.8 Å². The van der Waals surface area contributed by atoms with Crippen LogP contribution in [0.3, 0.4) is 0 Å². The van der Waals surface area contributed by atoms with Crippen molar-refractivity contribution >= 4 is 57.2 Å². The number of nitrogens with one attached hydrogen (secondary N) is 3. The van der Waals surface area contributed by atoms with E-state index in [2.05, 4.69) is 59.8 Å². The summed E-state index contributed by atoms with van der Waals surface area (Å²) in [4.78, 5) is 30.0. The number of ether oxygens (including phenoxy) is 2. The molecule has 4 N–H and O–H groups in total. The zero-order chi connectivity index (χ0) is 40.9. The van der Waals surface area contributed by atoms with E-state index in [-0.39, 0.29) is 5.91 Å². The van der Waals surface area contributed by atoms with Gasteiger partial charge < -0.3 is 24.8 Å². The number of carbonyl (C=O) groups excluding carboxylic acids is 1. The van der Waals surface area contributed by atoms with Crippen molar-refractivity contribution in [3.8, 4) is 0 Å². The molecule has 308 valence electrons. The summed E-state index contributed by atoms with van der Waals surface area (Å²) in [6.07, 6.45) is 8.06. The van der Waals surface area contributed by atoms with Gasteiger partial charge in [-0.25, -0.2) is 4.79 Å². The van der Waals surface area contributed by atoms with Crippen molar-refractivity contribution in [3.05, 3.63) is 133 Å². The van der Waals surface area contributed by atoms with E-state index < -0.39 is 5.97 Å². The summed E-state index contributed by atoms with van der Waals surface area (Å²) < 4.78 is 10.7. The van der Waals surface area contributed by atoms with Crippen LogP contribution < -0.4 is 10.2 Å². The molecule has 2 fully saturated rings. The van der Waals surface area contributed by atoms with E-state index in [4.69, 9.17) is 14.6 Å². The quantitative estimate of drug-likeness (QED) is 0.0683. The summed E-state index contributed by atoms with van der Waals surface area (Å²) in [6, 6.07) is 35.7. The smallest absolute Gasteiger partial charge is 0.328 e. The standard InChI is InChI=1S/C23H26N4O2.C13H20N2O.C10H8N2O2/c28-23(12-11-22-20-9-4-5-10-21(20)24-25-22)27(19-7-2-1-3-8-19)14-6-13-26-15-17-29-18-16-26;1-2-5-13(6-3-1)14-7-4-8-15-9-11-16-12-10-15;13-10(14)6-5-9-7-3-1-2-4-8(7)11-12-9/h1-5,7-12H,6,13-18H2,(H,24,25);1-3,5-6,14H,4,7-12H2;1-6H,(H,11,12)(H,13,14)/b12-11+;;6-5+. The summed E-state index contributed by atoms with van der Waals surface area (Å²) in [5.41, 5.74) is 5.40. The fourth-order valence-corrected chi connectivity index (χ4v) is 6.78. The zero-order valence-electron chi connectivity index (χ0n) is 33.4. The number of nitrogens with zero attached hydrogens (tertiary/aromatic N) is 5. The number of hydrogen-bond donors (Lipinski definition) is 4. The number of anilines is 2. The predicted molar refractivity (Wildman–Crippen MR) is 235 cm³/mol. The van der Waals surface area contributed by atoms with E-state index in [1.807, 2.05) is 89.8 Å². The fourth-order valence-electron chi connectivity index (χ4n) is 6.78. The second-order valence-corrected chi connectivity index (χ2v) is 14.0. The summed E-state index contributed by atoms with van der Waals surface area (Å²) in [5.74, 6) is -1.01. The minimum Gasteiger partial charge on any atom is -0.478 e. The normalized spacial score (nSPS) is 14.8. The Morgan fingerprint density at radius 2 is 1.15 bits per heavy atom. The molecule has 0 radical (unpaired) electrons. The first kappa shape index (κ1) is 42.5. The maximum atomic E-state index is 13.0. The largest absolute Gasteiger partial charge is 0.478 e. The number of fused-ring (bicyclic) bond motifs is 2. The molecule has 1 amide bonds. The zero-order valence-corrected chi connectivity index (χ0v) is 33.4. The number of rotatable bonds is 14. The highest BCUT2D eigenvalue weighted by molar-refractivity contribution is 6.04. The number of aliphatic carboxylic acids is 1. The van der Waals surface area contributed by atoms with Crippen LogP contribution in [0.4, 0.5) is 11.4 Å². The minimum atomic E-state index is -0.975. The van der Waals surface area contributed by atoms with E-state index in [0.717, 1.165) is 111 Å². The second-order valence-electron chi connectivity index (χ2n) is 14.0. The van der Waals surface area contributed by atoms with Gasteiger partial charge in [-0.3, -0.25) is 24.8 Å². The molecule has 13 heteroatoms. The van der Waals surface area contributed by atoms with E-state index in [0.29, 0.717) is 12.2 Å². The van der Waals surface area contributed by atoms with Crippen LogP contribution in [-0.2, 0) is 19.1 Å². The molecule has 6 aromatic rings. The number of morpholine rings is 2. The average Bonchev–Trinajstić information content (AvgIpc) is 3.91. The molecule has 0 spiro atoms. The number of benzene rings is 4. The molecule has 0 aliphatic carbocycles. The number of para-hydroxylation sites is 4. The lowest BCUT2D eigenvalue weighted by Gasteiger charge is -2.28. The molecular formula is C46H54N8O5. The van der Waals surface area contributed by atoms with Gasteiger partial charge in [0.25, 0.3) is 5.91 Å². The van der Waals surface area contributed by atoms with E-state index >= 15 is 0 Å². The van der Waals surface area contributed by atoms with Gasteiger partial charge >= 0.3 is 5.97 Å². The molecule has 0 atom stereocenters. The first-order valence-corrected chi connectivity index (χ1v) is 20.2. The Balaban J connectivity index is 0.000000164. The summed E-state index contributed by atoms with van der Waals surface area (Å²) in [7, 11) is 0. The first-order chi connectivity index (χ1) is 29.0. The highest BCUT2D eigenvalue weighted by Crippen LogP contribution is 2.19. The number of H-pyrrole nitrogens is 2. The summed E-state index contributed by atoms with van der Waals surface area (Å²) in [5, 5.41) is 27.9. The molecule has 59 heavy (non-hydrogen) atoms. The maximum absolute atomic E-state index is 13.0. The number of carboxylic acids is 1. The van der Waals surface area contributed by atoms with Gasteiger partial charge in [-0.1, -0.05) is 72.8 Å². The predicted octanol–water partition coefficient (Wildman–Crippen LogP) is 6.81. The molecule has 13 nitrogen and oxygen atoms in total. The lowest BCUT2D eigenvalue weighted by molar-refractivity contribution is -0.131. The van der Waals surface area contributed by atoms with Crippen LogP contribution in [0, 0.1) is 0 Å². The van der Waals surface area contributed by atoms with Crippen LogP contribution in [0.2, 0.25) is 0 Å². The lowest BCUT2D eigenvalue weighted by atomic mass is 10.2. The fraction of sp³-hybridized carbons (Fsp3) is 0.304. The topological polar surface area (TPSA) is 152 Å². The Bertz CT molecular complexity index is 2210. The first-order valence-electron chi connectivity index (χ1n) is 20.2. The molecule has 2 aliphatic rings. The molecular weight excluding hydrogens is 745 g/mol. The number of carbonyl (C=O) groups is 2. The molecule has 2 aliphatic heterocycles. The Morgan fingerprint density at radius 3 is 1.71 bits per heavy atom. The van der Waals surface area contributed by atoms with Crippen LogP contribution in [0.15, 0.2) is 121 Å². The van der Waals surface area contributed by atoms with Crippen molar-refractivity contribution in [2.24, 2.45) is 0 Å². The molecule has 8 rings (SSSR count). The second kappa shape index (κ2) is 23.3. The van der Waals surface area contributed by atoms with Crippen LogP contribution in [0.1, 0.15) is 24.2 Å². The molecule has 2 saturated heterocycles. The Kier molecular flexibility index (Phi) is 16.8. The Labute approximate surface area is 345 Å². The lowest BCUT2D eigenvalue weighted by Crippen LogP contribution is -2.39. The van der Waals surface area contributed by atoms with E-state index in [1.54, 1.807) is 12.2 Å². The van der Waals surface area contributed by atoms with Crippen molar-refractivity contribution < 1.29 is 24.2 Å². The molecule has 0 unspecified atom stereocenters. The van der Waals surface area contributed by atoms with Crippen LogP contribution >= 0.6 is 0 Å². The third kappa shape index (κ3) is 13.8. The highest BCUT2D eigenvalue weighted by Gasteiger charge is 2.16. The van der Waals surface area contributed by atoms with Gasteiger partial charge in [-0.05, 0) is 67.9 Å². The number of carboxylic acid groups (broad SMARTS) is 1. The SMILES string of the molecule is O=C(/C=C/c1n[nH]c2ccccc12)N(CCCN1CCOCC1)c1ccccc1.O=C(O)/C=C/c1n[nH]c2ccccc12.c1ccc(NCCCN2CCOCC2)cc1. The van der Waals surface area contributed by atoms with Crippen molar-refractivity contribution in [1.29, 1.82) is 0 Å². The van der Waals surface area contributed by atoms with Crippen molar-refractivity contribution in [1.82, 2.24) is 30.2 Å².